The first kappa shape index (κ1) is 55.1. The molecule has 2 unspecified atom stereocenters. The van der Waals surface area contributed by atoms with Gasteiger partial charge < -0.3 is 15.5 Å². The van der Waals surface area contributed by atoms with Gasteiger partial charge in [0, 0.05) is 6.42 Å². The van der Waals surface area contributed by atoms with E-state index < -0.39 is 12.1 Å². The maximum atomic E-state index is 12.4. The Bertz CT molecular complexity index is 950. The van der Waals surface area contributed by atoms with Crippen LogP contribution >= 0.6 is 0 Å². The third kappa shape index (κ3) is 45.0. The van der Waals surface area contributed by atoms with Crippen LogP contribution in [0.5, 0.6) is 0 Å². The van der Waals surface area contributed by atoms with Gasteiger partial charge in [-0.1, -0.05) is 248 Å². The fraction of sp³-hybridized carbons (Fsp3) is 0.792. The van der Waals surface area contributed by atoms with Crippen LogP contribution in [0.15, 0.2) is 60.8 Å². The van der Waals surface area contributed by atoms with Crippen molar-refractivity contribution in [3.63, 3.8) is 0 Å². The molecule has 0 rings (SSSR count). The summed E-state index contributed by atoms with van der Waals surface area (Å²) in [5, 5.41) is 23.3. The first-order chi connectivity index (χ1) is 28.2. The van der Waals surface area contributed by atoms with Crippen molar-refractivity contribution >= 4 is 5.91 Å². The van der Waals surface area contributed by atoms with E-state index in [1.807, 2.05) is 0 Å². The molecule has 0 bridgehead atoms. The Morgan fingerprint density at radius 3 is 1.16 bits per heavy atom. The summed E-state index contributed by atoms with van der Waals surface area (Å²) in [5.74, 6) is -0.0496. The second kappa shape index (κ2) is 48.5. The van der Waals surface area contributed by atoms with Crippen LogP contribution in [0.25, 0.3) is 0 Å². The van der Waals surface area contributed by atoms with Crippen LogP contribution in [0.1, 0.15) is 251 Å². The number of unbranched alkanes of at least 4 members (excludes halogenated alkanes) is 28. The number of rotatable bonds is 45. The van der Waals surface area contributed by atoms with Gasteiger partial charge in [-0.15, -0.1) is 0 Å². The second-order valence-electron chi connectivity index (χ2n) is 16.9. The number of amides is 1. The minimum atomic E-state index is -0.672. The fourth-order valence-electron chi connectivity index (χ4n) is 7.51. The molecule has 0 aliphatic heterocycles. The van der Waals surface area contributed by atoms with Crippen LogP contribution in [0.2, 0.25) is 0 Å². The molecule has 2 atom stereocenters. The molecule has 0 saturated carbocycles. The maximum absolute atomic E-state index is 12.4. The third-order valence-electron chi connectivity index (χ3n) is 11.3. The number of hydrogen-bond acceptors (Lipinski definition) is 3. The van der Waals surface area contributed by atoms with E-state index >= 15 is 0 Å². The molecular formula is C53H97NO3. The number of carbonyl (C=O) groups is 1. The molecule has 4 nitrogen and oxygen atoms in total. The van der Waals surface area contributed by atoms with Gasteiger partial charge in [-0.3, -0.25) is 4.79 Å². The third-order valence-corrected chi connectivity index (χ3v) is 11.3. The minimum Gasteiger partial charge on any atom is -0.394 e. The van der Waals surface area contributed by atoms with Gasteiger partial charge >= 0.3 is 0 Å². The molecule has 0 spiro atoms. The summed E-state index contributed by atoms with van der Waals surface area (Å²) in [6.07, 6.45) is 67.5. The predicted octanol–water partition coefficient (Wildman–Crippen LogP) is 16.1. The monoisotopic (exact) mass is 796 g/mol. The van der Waals surface area contributed by atoms with Crippen molar-refractivity contribution in [2.24, 2.45) is 0 Å². The van der Waals surface area contributed by atoms with Crippen molar-refractivity contribution in [1.29, 1.82) is 0 Å². The van der Waals surface area contributed by atoms with Crippen LogP contribution in [0, 0.1) is 0 Å². The van der Waals surface area contributed by atoms with Crippen LogP contribution in [0.3, 0.4) is 0 Å². The van der Waals surface area contributed by atoms with E-state index in [4.69, 9.17) is 0 Å². The molecule has 0 aliphatic carbocycles. The van der Waals surface area contributed by atoms with Gasteiger partial charge in [-0.25, -0.2) is 0 Å². The largest absolute Gasteiger partial charge is 0.394 e. The van der Waals surface area contributed by atoms with Gasteiger partial charge in [-0.2, -0.15) is 0 Å². The molecule has 0 aromatic rings. The highest BCUT2D eigenvalue weighted by atomic mass is 16.3. The zero-order chi connectivity index (χ0) is 41.4. The predicted molar refractivity (Wildman–Crippen MR) is 253 cm³/mol. The summed E-state index contributed by atoms with van der Waals surface area (Å²) in [6, 6.07) is -0.550. The summed E-state index contributed by atoms with van der Waals surface area (Å²) >= 11 is 0. The van der Waals surface area contributed by atoms with Gasteiger partial charge in [-0.05, 0) is 57.8 Å². The van der Waals surface area contributed by atoms with Gasteiger partial charge in [0.25, 0.3) is 0 Å². The number of nitrogens with one attached hydrogen (secondary N) is 1. The molecule has 0 saturated heterocycles. The van der Waals surface area contributed by atoms with Crippen LogP contribution in [0.4, 0.5) is 0 Å². The topological polar surface area (TPSA) is 69.6 Å². The van der Waals surface area contributed by atoms with Gasteiger partial charge in [0.1, 0.15) is 0 Å². The highest BCUT2D eigenvalue weighted by molar-refractivity contribution is 5.76. The van der Waals surface area contributed by atoms with E-state index in [0.717, 1.165) is 70.6 Å². The fourth-order valence-corrected chi connectivity index (χ4v) is 7.51. The van der Waals surface area contributed by atoms with E-state index in [2.05, 4.69) is 79.9 Å². The van der Waals surface area contributed by atoms with E-state index in [0.29, 0.717) is 12.8 Å². The summed E-state index contributed by atoms with van der Waals surface area (Å²) in [7, 11) is 0. The maximum Gasteiger partial charge on any atom is 0.220 e. The lowest BCUT2D eigenvalue weighted by Gasteiger charge is -2.22. The molecule has 0 heterocycles. The molecule has 57 heavy (non-hydrogen) atoms. The molecule has 0 radical (unpaired) electrons. The Hall–Kier alpha value is -1.91. The Morgan fingerprint density at radius 2 is 0.772 bits per heavy atom. The molecular weight excluding hydrogens is 699 g/mol. The molecule has 4 heteroatoms. The Balaban J connectivity index is 3.53. The lowest BCUT2D eigenvalue weighted by atomic mass is 10.0. The summed E-state index contributed by atoms with van der Waals surface area (Å²) in [4.78, 5) is 12.4. The average Bonchev–Trinajstić information content (AvgIpc) is 3.22. The molecule has 1 amide bonds. The molecule has 0 aliphatic rings. The number of carbonyl (C=O) groups excluding carboxylic acids is 1. The number of hydrogen-bond donors (Lipinski definition) is 3. The SMILES string of the molecule is CC/C=C\C/C=C\C/C=C\C/C=C\C/C=C\CCCCCCCC(=O)NC(CO)C(O)CCCCCCCCCCCCCCCCCCCCCCCCCC. The van der Waals surface area contributed by atoms with Crippen LogP contribution < -0.4 is 5.32 Å². The zero-order valence-corrected chi connectivity index (χ0v) is 38.1. The molecule has 332 valence electrons. The summed E-state index contributed by atoms with van der Waals surface area (Å²) in [6.45, 7) is 4.25. The molecule has 3 N–H and O–H groups in total. The average molecular weight is 796 g/mol. The molecule has 0 aromatic heterocycles. The molecule has 0 aromatic carbocycles. The van der Waals surface area contributed by atoms with Gasteiger partial charge in [0.15, 0.2) is 0 Å². The normalized spacial score (nSPS) is 13.4. The Kier molecular flexibility index (Phi) is 46.8. The minimum absolute atomic E-state index is 0.0496. The van der Waals surface area contributed by atoms with Crippen molar-refractivity contribution in [2.45, 2.75) is 264 Å². The van der Waals surface area contributed by atoms with Crippen molar-refractivity contribution in [3.05, 3.63) is 60.8 Å². The molecule has 0 fully saturated rings. The Labute approximate surface area is 356 Å². The summed E-state index contributed by atoms with van der Waals surface area (Å²) < 4.78 is 0. The lowest BCUT2D eigenvalue weighted by molar-refractivity contribution is -0.123. The second-order valence-corrected chi connectivity index (χ2v) is 16.9. The first-order valence-corrected chi connectivity index (χ1v) is 25.0. The lowest BCUT2D eigenvalue weighted by Crippen LogP contribution is -2.45. The van der Waals surface area contributed by atoms with E-state index in [1.54, 1.807) is 0 Å². The highest BCUT2D eigenvalue weighted by Crippen LogP contribution is 2.17. The van der Waals surface area contributed by atoms with E-state index in [9.17, 15) is 15.0 Å². The van der Waals surface area contributed by atoms with Crippen molar-refractivity contribution < 1.29 is 15.0 Å². The number of aliphatic hydroxyl groups excluding tert-OH is 2. The number of allylic oxidation sites excluding steroid dienone is 10. The van der Waals surface area contributed by atoms with E-state index in [-0.39, 0.29) is 12.5 Å². The quantitative estimate of drug-likeness (QED) is 0.0425. The zero-order valence-electron chi connectivity index (χ0n) is 38.1. The van der Waals surface area contributed by atoms with E-state index in [1.165, 1.54) is 154 Å². The number of aliphatic hydroxyl groups is 2. The van der Waals surface area contributed by atoms with Crippen molar-refractivity contribution in [1.82, 2.24) is 5.32 Å². The van der Waals surface area contributed by atoms with Crippen molar-refractivity contribution in [2.75, 3.05) is 6.61 Å². The standard InChI is InChI=1S/C53H97NO3/c1-3-5-7-9-11-13-15-17-19-21-23-25-26-27-29-30-32-34-36-38-40-42-44-46-48-52(56)51(50-55)54-53(57)49-47-45-43-41-39-37-35-33-31-28-24-22-20-18-16-14-12-10-8-6-4-2/h6,8,12,14,18,20,24,28,33,35,51-52,55-56H,3-5,7,9-11,13,15-17,19,21-23,25-27,29-32,34,36-50H2,1-2H3,(H,54,57)/b8-6-,14-12-,20-18-,28-24-,35-33-. The van der Waals surface area contributed by atoms with Crippen LogP contribution in [-0.4, -0.2) is 34.9 Å². The highest BCUT2D eigenvalue weighted by Gasteiger charge is 2.20. The first-order valence-electron chi connectivity index (χ1n) is 25.0. The van der Waals surface area contributed by atoms with Gasteiger partial charge in [0.2, 0.25) is 5.91 Å². The van der Waals surface area contributed by atoms with Gasteiger partial charge in [0.05, 0.1) is 18.8 Å². The van der Waals surface area contributed by atoms with Crippen molar-refractivity contribution in [3.8, 4) is 0 Å². The Morgan fingerprint density at radius 1 is 0.439 bits per heavy atom. The smallest absolute Gasteiger partial charge is 0.220 e. The summed E-state index contributed by atoms with van der Waals surface area (Å²) in [5.41, 5.74) is 0. The van der Waals surface area contributed by atoms with Crippen LogP contribution in [-0.2, 0) is 4.79 Å².